The number of carbonyl (C=O) groups is 2. The van der Waals surface area contributed by atoms with Crippen LogP contribution in [0.15, 0.2) is 40.5 Å². The van der Waals surface area contributed by atoms with Gasteiger partial charge in [0.05, 0.1) is 12.7 Å². The molecule has 6 nitrogen and oxygen atoms in total. The fraction of sp³-hybridized carbons (Fsp3) is 0.222. The molecule has 2 aromatic rings. The Kier molecular flexibility index (Phi) is 4.12. The standard InChI is InChI=1S/C18H16O6/c1-10-4-5-12(22-10)9-16-17(19)14-7-6-13(8-15(14)24-16)23-11(2)18(20)21-3/h4-9,11H,1-3H3. The van der Waals surface area contributed by atoms with Crippen molar-refractivity contribution in [3.63, 3.8) is 0 Å². The number of carbonyl (C=O) groups excluding carboxylic acids is 2. The number of allylic oxidation sites excluding steroid dienone is 1. The van der Waals surface area contributed by atoms with Crippen LogP contribution in [0.25, 0.3) is 6.08 Å². The number of Topliss-reactive ketones (excluding diaryl/α,β-unsaturated/α-hetero) is 1. The molecule has 124 valence electrons. The highest BCUT2D eigenvalue weighted by Crippen LogP contribution is 2.35. The number of hydrogen-bond acceptors (Lipinski definition) is 6. The largest absolute Gasteiger partial charge is 0.479 e. The zero-order chi connectivity index (χ0) is 17.3. The highest BCUT2D eigenvalue weighted by atomic mass is 16.6. The summed E-state index contributed by atoms with van der Waals surface area (Å²) in [6, 6.07) is 8.35. The van der Waals surface area contributed by atoms with Gasteiger partial charge in [0.2, 0.25) is 5.78 Å². The average molecular weight is 328 g/mol. The number of hydrogen-bond donors (Lipinski definition) is 0. The molecule has 3 rings (SSSR count). The number of fused-ring (bicyclic) bond motifs is 1. The van der Waals surface area contributed by atoms with Gasteiger partial charge in [-0.25, -0.2) is 4.79 Å². The third-order valence-corrected chi connectivity index (χ3v) is 3.52. The van der Waals surface area contributed by atoms with Gasteiger partial charge in [0.15, 0.2) is 11.9 Å². The summed E-state index contributed by atoms with van der Waals surface area (Å²) in [5, 5.41) is 0. The van der Waals surface area contributed by atoms with E-state index in [4.69, 9.17) is 13.9 Å². The molecular formula is C18H16O6. The van der Waals surface area contributed by atoms with Crippen molar-refractivity contribution >= 4 is 17.8 Å². The third kappa shape index (κ3) is 3.03. The Bertz CT molecular complexity index is 830. The lowest BCUT2D eigenvalue weighted by molar-refractivity contribution is -0.147. The minimum Gasteiger partial charge on any atom is -0.479 e. The third-order valence-electron chi connectivity index (χ3n) is 3.52. The molecule has 24 heavy (non-hydrogen) atoms. The number of methoxy groups -OCH3 is 1. The van der Waals surface area contributed by atoms with E-state index in [1.165, 1.54) is 7.11 Å². The summed E-state index contributed by atoms with van der Waals surface area (Å²) in [5.74, 6) is 1.54. The fourth-order valence-electron chi connectivity index (χ4n) is 2.32. The number of furan rings is 1. The zero-order valence-corrected chi connectivity index (χ0v) is 13.5. The van der Waals surface area contributed by atoms with Gasteiger partial charge < -0.3 is 18.6 Å². The summed E-state index contributed by atoms with van der Waals surface area (Å²) >= 11 is 0. The lowest BCUT2D eigenvalue weighted by Crippen LogP contribution is -2.24. The van der Waals surface area contributed by atoms with Crippen LogP contribution >= 0.6 is 0 Å². The Hall–Kier alpha value is -3.02. The first-order chi connectivity index (χ1) is 11.5. The molecular weight excluding hydrogens is 312 g/mol. The molecule has 2 heterocycles. The minimum absolute atomic E-state index is 0.178. The van der Waals surface area contributed by atoms with E-state index < -0.39 is 12.1 Å². The molecule has 1 aromatic heterocycles. The maximum absolute atomic E-state index is 12.3. The predicted molar refractivity (Wildman–Crippen MR) is 84.9 cm³/mol. The molecule has 6 heteroatoms. The van der Waals surface area contributed by atoms with Crippen LogP contribution in [0.2, 0.25) is 0 Å². The van der Waals surface area contributed by atoms with Crippen LogP contribution in [-0.4, -0.2) is 25.0 Å². The second kappa shape index (κ2) is 6.23. The molecule has 1 aromatic carbocycles. The van der Waals surface area contributed by atoms with Crippen LogP contribution in [0.3, 0.4) is 0 Å². The van der Waals surface area contributed by atoms with Crippen molar-refractivity contribution in [2.75, 3.05) is 7.11 Å². The van der Waals surface area contributed by atoms with E-state index in [1.807, 2.05) is 6.92 Å². The van der Waals surface area contributed by atoms with Gasteiger partial charge >= 0.3 is 5.97 Å². The summed E-state index contributed by atoms with van der Waals surface area (Å²) < 4.78 is 21.1. The summed E-state index contributed by atoms with van der Waals surface area (Å²) in [5.41, 5.74) is 0.433. The van der Waals surface area contributed by atoms with Gasteiger partial charge in [0, 0.05) is 12.1 Å². The van der Waals surface area contributed by atoms with E-state index in [1.54, 1.807) is 43.3 Å². The van der Waals surface area contributed by atoms with Crippen molar-refractivity contribution in [2.24, 2.45) is 0 Å². The molecule has 0 fully saturated rings. The van der Waals surface area contributed by atoms with Crippen LogP contribution in [0.5, 0.6) is 11.5 Å². The van der Waals surface area contributed by atoms with Crippen molar-refractivity contribution in [3.05, 3.63) is 53.2 Å². The maximum Gasteiger partial charge on any atom is 0.346 e. The van der Waals surface area contributed by atoms with Crippen molar-refractivity contribution in [2.45, 2.75) is 20.0 Å². The van der Waals surface area contributed by atoms with Crippen LogP contribution in [0.1, 0.15) is 28.8 Å². The monoisotopic (exact) mass is 328 g/mol. The molecule has 0 radical (unpaired) electrons. The van der Waals surface area contributed by atoms with E-state index in [2.05, 4.69) is 4.74 Å². The number of ketones is 1. The molecule has 0 bridgehead atoms. The number of aryl methyl sites for hydroxylation is 1. The van der Waals surface area contributed by atoms with Gasteiger partial charge in [-0.2, -0.15) is 0 Å². The van der Waals surface area contributed by atoms with Crippen LogP contribution in [-0.2, 0) is 9.53 Å². The SMILES string of the molecule is COC(=O)C(C)Oc1ccc2c(c1)OC(=Cc1ccc(C)o1)C2=O. The molecule has 0 saturated carbocycles. The molecule has 1 aliphatic rings. The van der Waals surface area contributed by atoms with Gasteiger partial charge in [-0.05, 0) is 38.1 Å². The molecule has 1 aliphatic heterocycles. The Labute approximate surface area is 138 Å². The number of benzene rings is 1. The van der Waals surface area contributed by atoms with Crippen LogP contribution < -0.4 is 9.47 Å². The number of ether oxygens (including phenoxy) is 3. The molecule has 1 atom stereocenters. The summed E-state index contributed by atoms with van der Waals surface area (Å²) in [7, 11) is 1.29. The lowest BCUT2D eigenvalue weighted by Gasteiger charge is -2.12. The van der Waals surface area contributed by atoms with Gasteiger partial charge in [0.1, 0.15) is 23.0 Å². The lowest BCUT2D eigenvalue weighted by atomic mass is 10.1. The van der Waals surface area contributed by atoms with Gasteiger partial charge in [-0.3, -0.25) is 4.79 Å². The number of esters is 1. The van der Waals surface area contributed by atoms with E-state index in [-0.39, 0.29) is 11.5 Å². The molecule has 0 aliphatic carbocycles. The van der Waals surface area contributed by atoms with Crippen LogP contribution in [0, 0.1) is 6.92 Å². The Morgan fingerprint density at radius 3 is 2.71 bits per heavy atom. The first-order valence-corrected chi connectivity index (χ1v) is 7.37. The highest BCUT2D eigenvalue weighted by molar-refractivity contribution is 6.14. The van der Waals surface area contributed by atoms with Crippen LogP contribution in [0.4, 0.5) is 0 Å². The summed E-state index contributed by atoms with van der Waals surface area (Å²) in [6.45, 7) is 3.40. The van der Waals surface area contributed by atoms with Crippen molar-refractivity contribution in [3.8, 4) is 11.5 Å². The van der Waals surface area contributed by atoms with Crippen molar-refractivity contribution < 1.29 is 28.2 Å². The first-order valence-electron chi connectivity index (χ1n) is 7.37. The van der Waals surface area contributed by atoms with Gasteiger partial charge in [-0.1, -0.05) is 0 Å². The minimum atomic E-state index is -0.758. The van der Waals surface area contributed by atoms with E-state index in [9.17, 15) is 9.59 Å². The van der Waals surface area contributed by atoms with E-state index in [0.29, 0.717) is 22.8 Å². The van der Waals surface area contributed by atoms with Gasteiger partial charge in [-0.15, -0.1) is 0 Å². The molecule has 0 amide bonds. The molecule has 1 unspecified atom stereocenters. The Morgan fingerprint density at radius 2 is 2.04 bits per heavy atom. The Balaban J connectivity index is 1.81. The molecule has 0 saturated heterocycles. The molecule has 0 N–H and O–H groups in total. The normalized spacial score (nSPS) is 15.8. The number of rotatable bonds is 4. The predicted octanol–water partition coefficient (Wildman–Crippen LogP) is 3.14. The quantitative estimate of drug-likeness (QED) is 0.634. The highest BCUT2D eigenvalue weighted by Gasteiger charge is 2.28. The topological polar surface area (TPSA) is 75.0 Å². The maximum atomic E-state index is 12.3. The smallest absolute Gasteiger partial charge is 0.346 e. The van der Waals surface area contributed by atoms with Crippen molar-refractivity contribution in [1.82, 2.24) is 0 Å². The average Bonchev–Trinajstić information content (AvgIpc) is 3.10. The summed E-state index contributed by atoms with van der Waals surface area (Å²) in [6.07, 6.45) is 0.790. The molecule has 0 spiro atoms. The second-order valence-electron chi connectivity index (χ2n) is 5.33. The van der Waals surface area contributed by atoms with E-state index >= 15 is 0 Å². The first kappa shape index (κ1) is 15.9. The summed E-state index contributed by atoms with van der Waals surface area (Å²) in [4.78, 5) is 23.8. The van der Waals surface area contributed by atoms with E-state index in [0.717, 1.165) is 5.76 Å². The fourth-order valence-corrected chi connectivity index (χ4v) is 2.32. The second-order valence-corrected chi connectivity index (χ2v) is 5.33. The Morgan fingerprint density at radius 1 is 1.25 bits per heavy atom. The van der Waals surface area contributed by atoms with Gasteiger partial charge in [0.25, 0.3) is 0 Å². The van der Waals surface area contributed by atoms with Crippen molar-refractivity contribution in [1.29, 1.82) is 0 Å². The zero-order valence-electron chi connectivity index (χ0n) is 13.5.